The highest BCUT2D eigenvalue weighted by atomic mass is 35.5. The number of anilines is 1. The molecule has 0 saturated carbocycles. The standard InChI is InChI=1S/C13H13ClN2OS/c1-8-9(3-2-4-10(8)15)7-16-13(17)11-5-6-12(14)18-11/h2-6H,7,15H2,1H3,(H,16,17). The molecule has 0 saturated heterocycles. The number of nitrogens with two attached hydrogens (primary N) is 1. The number of carbonyl (C=O) groups is 1. The number of hydrogen-bond donors (Lipinski definition) is 2. The van der Waals surface area contributed by atoms with Crippen LogP contribution >= 0.6 is 22.9 Å². The summed E-state index contributed by atoms with van der Waals surface area (Å²) in [7, 11) is 0. The summed E-state index contributed by atoms with van der Waals surface area (Å²) in [5.41, 5.74) is 8.57. The predicted octanol–water partition coefficient (Wildman–Crippen LogP) is 3.22. The van der Waals surface area contributed by atoms with Crippen LogP contribution in [-0.2, 0) is 6.54 Å². The fraction of sp³-hybridized carbons (Fsp3) is 0.154. The fourth-order valence-corrected chi connectivity index (χ4v) is 2.55. The van der Waals surface area contributed by atoms with Gasteiger partial charge in [-0.15, -0.1) is 11.3 Å². The van der Waals surface area contributed by atoms with Gasteiger partial charge >= 0.3 is 0 Å². The van der Waals surface area contributed by atoms with Crippen molar-refractivity contribution in [2.75, 3.05) is 5.73 Å². The maximum atomic E-state index is 11.8. The van der Waals surface area contributed by atoms with Crippen LogP contribution < -0.4 is 11.1 Å². The highest BCUT2D eigenvalue weighted by Crippen LogP contribution is 2.21. The third kappa shape index (κ3) is 2.83. The van der Waals surface area contributed by atoms with Gasteiger partial charge in [0.15, 0.2) is 0 Å². The number of rotatable bonds is 3. The second-order valence-electron chi connectivity index (χ2n) is 3.92. The van der Waals surface area contributed by atoms with Crippen LogP contribution in [0, 0.1) is 6.92 Å². The van der Waals surface area contributed by atoms with E-state index in [1.807, 2.05) is 25.1 Å². The van der Waals surface area contributed by atoms with Gasteiger partial charge in [-0.3, -0.25) is 4.79 Å². The Bertz CT molecular complexity index is 580. The highest BCUT2D eigenvalue weighted by molar-refractivity contribution is 7.17. The number of nitrogens with one attached hydrogen (secondary N) is 1. The monoisotopic (exact) mass is 280 g/mol. The van der Waals surface area contributed by atoms with Crippen LogP contribution in [0.15, 0.2) is 30.3 Å². The van der Waals surface area contributed by atoms with Gasteiger partial charge in [0, 0.05) is 12.2 Å². The molecule has 1 aromatic carbocycles. The molecule has 3 nitrogen and oxygen atoms in total. The summed E-state index contributed by atoms with van der Waals surface area (Å²) < 4.78 is 0.611. The van der Waals surface area contributed by atoms with E-state index in [0.717, 1.165) is 16.8 Å². The number of thiophene rings is 1. The molecule has 0 atom stereocenters. The van der Waals surface area contributed by atoms with Gasteiger partial charge in [-0.25, -0.2) is 0 Å². The van der Waals surface area contributed by atoms with Gasteiger partial charge < -0.3 is 11.1 Å². The van der Waals surface area contributed by atoms with Crippen LogP contribution in [0.5, 0.6) is 0 Å². The Kier molecular flexibility index (Phi) is 3.89. The van der Waals surface area contributed by atoms with Crippen molar-refractivity contribution in [3.8, 4) is 0 Å². The summed E-state index contributed by atoms with van der Waals surface area (Å²) in [5, 5.41) is 2.85. The van der Waals surface area contributed by atoms with E-state index in [-0.39, 0.29) is 5.91 Å². The summed E-state index contributed by atoms with van der Waals surface area (Å²) in [6.45, 7) is 2.41. The van der Waals surface area contributed by atoms with Crippen molar-refractivity contribution in [3.63, 3.8) is 0 Å². The van der Waals surface area contributed by atoms with E-state index in [1.165, 1.54) is 11.3 Å². The van der Waals surface area contributed by atoms with Crippen molar-refractivity contribution in [2.24, 2.45) is 0 Å². The van der Waals surface area contributed by atoms with E-state index < -0.39 is 0 Å². The molecule has 0 unspecified atom stereocenters. The van der Waals surface area contributed by atoms with Crippen LogP contribution in [0.3, 0.4) is 0 Å². The van der Waals surface area contributed by atoms with Crippen molar-refractivity contribution in [1.82, 2.24) is 5.32 Å². The molecule has 0 aliphatic carbocycles. The third-order valence-electron chi connectivity index (χ3n) is 2.72. The molecule has 0 aliphatic heterocycles. The number of benzene rings is 1. The SMILES string of the molecule is Cc1c(N)cccc1CNC(=O)c1ccc(Cl)s1. The summed E-state index contributed by atoms with van der Waals surface area (Å²) in [4.78, 5) is 12.4. The van der Waals surface area contributed by atoms with Crippen molar-refractivity contribution < 1.29 is 4.79 Å². The second-order valence-corrected chi connectivity index (χ2v) is 5.63. The molecule has 5 heteroatoms. The molecule has 3 N–H and O–H groups in total. The zero-order chi connectivity index (χ0) is 13.1. The molecule has 0 aliphatic rings. The molecule has 2 aromatic rings. The van der Waals surface area contributed by atoms with Crippen molar-refractivity contribution in [3.05, 3.63) is 50.7 Å². The summed E-state index contributed by atoms with van der Waals surface area (Å²) in [6, 6.07) is 9.11. The summed E-state index contributed by atoms with van der Waals surface area (Å²) in [5.74, 6) is -0.117. The molecule has 94 valence electrons. The van der Waals surface area contributed by atoms with Gasteiger partial charge in [-0.1, -0.05) is 23.7 Å². The maximum Gasteiger partial charge on any atom is 0.261 e. The zero-order valence-corrected chi connectivity index (χ0v) is 11.4. The van der Waals surface area contributed by atoms with Crippen molar-refractivity contribution in [2.45, 2.75) is 13.5 Å². The second kappa shape index (κ2) is 5.42. The molecule has 0 bridgehead atoms. The van der Waals surface area contributed by atoms with Gasteiger partial charge in [0.25, 0.3) is 5.91 Å². The Morgan fingerprint density at radius 3 is 2.83 bits per heavy atom. The number of hydrogen-bond acceptors (Lipinski definition) is 3. The zero-order valence-electron chi connectivity index (χ0n) is 9.87. The smallest absolute Gasteiger partial charge is 0.261 e. The first-order valence-corrected chi connectivity index (χ1v) is 6.65. The third-order valence-corrected chi connectivity index (χ3v) is 3.95. The topological polar surface area (TPSA) is 55.1 Å². The lowest BCUT2D eigenvalue weighted by Crippen LogP contribution is -2.22. The predicted molar refractivity (Wildman–Crippen MR) is 76.1 cm³/mol. The summed E-state index contributed by atoms with van der Waals surface area (Å²) in [6.07, 6.45) is 0. The molecule has 1 amide bonds. The van der Waals surface area contributed by atoms with Crippen LogP contribution in [0.1, 0.15) is 20.8 Å². The minimum Gasteiger partial charge on any atom is -0.399 e. The molecule has 0 fully saturated rings. The first-order valence-electron chi connectivity index (χ1n) is 5.45. The molecule has 1 aromatic heterocycles. The summed E-state index contributed by atoms with van der Waals surface area (Å²) >= 11 is 7.06. The van der Waals surface area contributed by atoms with E-state index in [9.17, 15) is 4.79 Å². The molecular weight excluding hydrogens is 268 g/mol. The van der Waals surface area contributed by atoms with Crippen LogP contribution in [0.25, 0.3) is 0 Å². The Morgan fingerprint density at radius 1 is 1.39 bits per heavy atom. The Balaban J connectivity index is 2.04. The molecule has 0 spiro atoms. The van der Waals surface area contributed by atoms with Crippen molar-refractivity contribution >= 4 is 34.5 Å². The van der Waals surface area contributed by atoms with Gasteiger partial charge in [0.05, 0.1) is 9.21 Å². The average Bonchev–Trinajstić information content (AvgIpc) is 2.77. The van der Waals surface area contributed by atoms with Crippen LogP contribution in [0.4, 0.5) is 5.69 Å². The van der Waals surface area contributed by atoms with Gasteiger partial charge in [0.2, 0.25) is 0 Å². The first kappa shape index (κ1) is 12.9. The van der Waals surface area contributed by atoms with Crippen LogP contribution in [0.2, 0.25) is 4.34 Å². The number of carbonyl (C=O) groups excluding carboxylic acids is 1. The molecule has 18 heavy (non-hydrogen) atoms. The minimum absolute atomic E-state index is 0.117. The van der Waals surface area contributed by atoms with E-state index in [0.29, 0.717) is 15.8 Å². The average molecular weight is 281 g/mol. The Labute approximate surface area is 115 Å². The lowest BCUT2D eigenvalue weighted by atomic mass is 10.1. The first-order chi connectivity index (χ1) is 8.58. The Morgan fingerprint density at radius 2 is 2.17 bits per heavy atom. The van der Waals surface area contributed by atoms with Crippen LogP contribution in [-0.4, -0.2) is 5.91 Å². The fourth-order valence-electron chi connectivity index (χ4n) is 1.59. The highest BCUT2D eigenvalue weighted by Gasteiger charge is 2.09. The quantitative estimate of drug-likeness (QED) is 0.848. The number of amides is 1. The number of halogens is 1. The molecule has 0 radical (unpaired) electrons. The lowest BCUT2D eigenvalue weighted by molar-refractivity contribution is 0.0955. The largest absolute Gasteiger partial charge is 0.399 e. The maximum absolute atomic E-state index is 11.8. The molecule has 1 heterocycles. The molecular formula is C13H13ClN2OS. The minimum atomic E-state index is -0.117. The van der Waals surface area contributed by atoms with E-state index >= 15 is 0 Å². The van der Waals surface area contributed by atoms with Crippen molar-refractivity contribution in [1.29, 1.82) is 0 Å². The number of nitrogen functional groups attached to an aromatic ring is 1. The van der Waals surface area contributed by atoms with E-state index in [1.54, 1.807) is 12.1 Å². The van der Waals surface area contributed by atoms with Gasteiger partial charge in [0.1, 0.15) is 0 Å². The van der Waals surface area contributed by atoms with E-state index in [2.05, 4.69) is 5.32 Å². The Hall–Kier alpha value is -1.52. The lowest BCUT2D eigenvalue weighted by Gasteiger charge is -2.09. The van der Waals surface area contributed by atoms with Gasteiger partial charge in [-0.05, 0) is 36.2 Å². The molecule has 2 rings (SSSR count). The van der Waals surface area contributed by atoms with E-state index in [4.69, 9.17) is 17.3 Å². The normalized spacial score (nSPS) is 10.3. The van der Waals surface area contributed by atoms with Gasteiger partial charge in [-0.2, -0.15) is 0 Å².